The maximum absolute atomic E-state index is 13.9. The van der Waals surface area contributed by atoms with Crippen molar-refractivity contribution in [2.24, 2.45) is 0 Å². The number of amides is 3. The third kappa shape index (κ3) is 5.10. The average Bonchev–Trinajstić information content (AvgIpc) is 3.24. The number of esters is 1. The van der Waals surface area contributed by atoms with Gasteiger partial charge in [0.15, 0.2) is 11.3 Å². The Kier molecular flexibility index (Phi) is 5.54. The van der Waals surface area contributed by atoms with Gasteiger partial charge in [0.05, 0.1) is 12.5 Å². The molecule has 0 aliphatic carbocycles. The van der Waals surface area contributed by atoms with Crippen molar-refractivity contribution >= 4 is 46.4 Å². The standard InChI is InChI=1S/C26H26ClN3O8/c1-26(24(33)38-25(34)28-12-15-7-5-6-8-18(15)35-4)14-36-21-17-11-16(27)9-10-19(17)37-22(21)23(32)30(26)13-20(31)29(2)3/h5-11H,12-14H2,1-4H3,(H,28,34)/i2D3,3D3. The highest BCUT2D eigenvalue weighted by molar-refractivity contribution is 6.31. The van der Waals surface area contributed by atoms with Crippen LogP contribution in [0, 0.1) is 0 Å². The van der Waals surface area contributed by atoms with Crippen LogP contribution in [0.15, 0.2) is 46.9 Å². The zero-order valence-electron chi connectivity index (χ0n) is 26.2. The number of carbonyl (C=O) groups is 4. The van der Waals surface area contributed by atoms with Crippen LogP contribution in [0.2, 0.25) is 5.02 Å². The molecule has 4 rings (SSSR count). The topological polar surface area (TPSA) is 128 Å². The van der Waals surface area contributed by atoms with Crippen molar-refractivity contribution in [3.63, 3.8) is 0 Å². The molecule has 0 fully saturated rings. The van der Waals surface area contributed by atoms with E-state index in [-0.39, 0.29) is 33.2 Å². The van der Waals surface area contributed by atoms with E-state index in [0.717, 1.165) is 6.92 Å². The van der Waals surface area contributed by atoms with Gasteiger partial charge in [0, 0.05) is 39.3 Å². The highest BCUT2D eigenvalue weighted by Crippen LogP contribution is 2.39. The smallest absolute Gasteiger partial charge is 0.415 e. The van der Waals surface area contributed by atoms with Crippen molar-refractivity contribution in [1.29, 1.82) is 0 Å². The molecule has 1 unspecified atom stereocenters. The van der Waals surface area contributed by atoms with Gasteiger partial charge in [-0.2, -0.15) is 0 Å². The lowest BCUT2D eigenvalue weighted by molar-refractivity contribution is -0.152. The lowest BCUT2D eigenvalue weighted by Gasteiger charge is -2.36. The van der Waals surface area contributed by atoms with Crippen molar-refractivity contribution in [3.8, 4) is 11.5 Å². The first-order valence-electron chi connectivity index (χ1n) is 14.1. The molecule has 38 heavy (non-hydrogen) atoms. The number of likely N-dealkylation sites (N-methyl/N-ethyl adjacent to an activating group) is 1. The summed E-state index contributed by atoms with van der Waals surface area (Å²) in [6, 6.07) is 11.1. The van der Waals surface area contributed by atoms with Crippen molar-refractivity contribution in [3.05, 3.63) is 58.8 Å². The van der Waals surface area contributed by atoms with E-state index in [4.69, 9.17) is 38.5 Å². The van der Waals surface area contributed by atoms with Gasteiger partial charge in [-0.05, 0) is 31.2 Å². The fourth-order valence-corrected chi connectivity index (χ4v) is 4.01. The number of para-hydroxylation sites is 1. The number of rotatable bonds is 6. The second-order valence-corrected chi connectivity index (χ2v) is 8.86. The summed E-state index contributed by atoms with van der Waals surface area (Å²) >= 11 is 6.09. The Balaban J connectivity index is 1.69. The van der Waals surface area contributed by atoms with E-state index in [2.05, 4.69) is 5.32 Å². The molecule has 3 amide bonds. The van der Waals surface area contributed by atoms with Crippen LogP contribution in [-0.4, -0.2) is 73.4 Å². The SMILES string of the molecule is [2H]C([2H])([2H])N(C(=O)CN1C(=O)c2oc3ccc(Cl)cc3c2OCC1(C)C(=O)OC(=O)NCc1ccccc1OC)C([2H])([2H])[2H]. The van der Waals surface area contributed by atoms with Gasteiger partial charge in [-0.15, -0.1) is 0 Å². The highest BCUT2D eigenvalue weighted by Gasteiger charge is 2.50. The third-order valence-electron chi connectivity index (χ3n) is 5.92. The predicted octanol–water partition coefficient (Wildman–Crippen LogP) is 3.23. The Morgan fingerprint density at radius 2 is 2.00 bits per heavy atom. The summed E-state index contributed by atoms with van der Waals surface area (Å²) in [5.41, 5.74) is -1.57. The Labute approximate surface area is 231 Å². The number of hydrogen-bond acceptors (Lipinski definition) is 8. The average molecular weight is 550 g/mol. The van der Waals surface area contributed by atoms with Crippen LogP contribution in [-0.2, 0) is 20.9 Å². The number of nitrogens with zero attached hydrogens (tertiary/aromatic N) is 2. The van der Waals surface area contributed by atoms with Crippen LogP contribution in [0.25, 0.3) is 11.0 Å². The summed E-state index contributed by atoms with van der Waals surface area (Å²) in [5.74, 6) is -4.26. The van der Waals surface area contributed by atoms with E-state index < -0.39 is 62.3 Å². The van der Waals surface area contributed by atoms with Gasteiger partial charge < -0.3 is 33.7 Å². The number of hydrogen-bond donors (Lipinski definition) is 1. The number of nitrogens with one attached hydrogen (secondary N) is 1. The molecule has 0 bridgehead atoms. The molecule has 3 aromatic rings. The molecular weight excluding hydrogens is 518 g/mol. The van der Waals surface area contributed by atoms with Gasteiger partial charge in [-0.1, -0.05) is 29.8 Å². The third-order valence-corrected chi connectivity index (χ3v) is 6.16. The monoisotopic (exact) mass is 549 g/mol. The van der Waals surface area contributed by atoms with Gasteiger partial charge in [0.25, 0.3) is 5.91 Å². The zero-order valence-corrected chi connectivity index (χ0v) is 21.0. The van der Waals surface area contributed by atoms with Crippen LogP contribution in [0.3, 0.4) is 0 Å². The van der Waals surface area contributed by atoms with Gasteiger partial charge in [0.1, 0.15) is 24.5 Å². The number of benzene rings is 2. The first-order valence-corrected chi connectivity index (χ1v) is 11.5. The Bertz CT molecular complexity index is 1610. The van der Waals surface area contributed by atoms with Crippen LogP contribution < -0.4 is 14.8 Å². The predicted molar refractivity (Wildman–Crippen MR) is 136 cm³/mol. The lowest BCUT2D eigenvalue weighted by Crippen LogP contribution is -2.60. The summed E-state index contributed by atoms with van der Waals surface area (Å²) in [7, 11) is 1.43. The van der Waals surface area contributed by atoms with Gasteiger partial charge >= 0.3 is 12.1 Å². The number of furan rings is 1. The zero-order chi connectivity index (χ0) is 32.6. The number of halogens is 1. The molecule has 200 valence electrons. The summed E-state index contributed by atoms with van der Waals surface area (Å²) < 4.78 is 67.1. The second-order valence-electron chi connectivity index (χ2n) is 8.43. The second kappa shape index (κ2) is 10.6. The summed E-state index contributed by atoms with van der Waals surface area (Å²) in [5, 5.41) is 2.88. The van der Waals surface area contributed by atoms with Crippen molar-refractivity contribution < 1.29 is 46.0 Å². The molecule has 1 N–H and O–H groups in total. The molecular formula is C26H26ClN3O8. The van der Waals surface area contributed by atoms with E-state index >= 15 is 0 Å². The molecule has 2 aromatic carbocycles. The molecule has 1 aliphatic rings. The summed E-state index contributed by atoms with van der Waals surface area (Å²) in [6.45, 7) is -7.86. The van der Waals surface area contributed by atoms with Crippen LogP contribution in [0.1, 0.15) is 31.3 Å². The van der Waals surface area contributed by atoms with Gasteiger partial charge in [-0.3, -0.25) is 9.59 Å². The Hall–Kier alpha value is -4.25. The van der Waals surface area contributed by atoms with Crippen molar-refractivity contribution in [2.75, 3.05) is 34.2 Å². The first-order chi connectivity index (χ1) is 20.5. The van der Waals surface area contributed by atoms with E-state index in [9.17, 15) is 19.2 Å². The molecule has 2 heterocycles. The largest absolute Gasteiger partial charge is 0.496 e. The van der Waals surface area contributed by atoms with Gasteiger partial charge in [0.2, 0.25) is 11.7 Å². The molecule has 1 atom stereocenters. The number of ether oxygens (including phenoxy) is 3. The lowest BCUT2D eigenvalue weighted by atomic mass is 10.0. The van der Waals surface area contributed by atoms with Crippen molar-refractivity contribution in [1.82, 2.24) is 15.1 Å². The number of carbonyl (C=O) groups excluding carboxylic acids is 4. The molecule has 1 aromatic heterocycles. The minimum Gasteiger partial charge on any atom is -0.496 e. The minimum absolute atomic E-state index is 0.113. The highest BCUT2D eigenvalue weighted by atomic mass is 35.5. The number of alkyl carbamates (subject to hydrolysis) is 1. The van der Waals surface area contributed by atoms with Crippen molar-refractivity contribution in [2.45, 2.75) is 19.0 Å². The number of fused-ring (bicyclic) bond motifs is 3. The van der Waals surface area contributed by atoms with E-state index in [1.54, 1.807) is 24.3 Å². The van der Waals surface area contributed by atoms with E-state index in [1.165, 1.54) is 25.3 Å². The van der Waals surface area contributed by atoms with E-state index in [1.807, 2.05) is 0 Å². The maximum Gasteiger partial charge on any atom is 0.415 e. The van der Waals surface area contributed by atoms with E-state index in [0.29, 0.717) is 16.2 Å². The molecule has 12 heteroatoms. The molecule has 0 radical (unpaired) electrons. The van der Waals surface area contributed by atoms with Crippen LogP contribution in [0.4, 0.5) is 4.79 Å². The Morgan fingerprint density at radius 3 is 2.74 bits per heavy atom. The maximum atomic E-state index is 13.9. The normalized spacial score (nSPS) is 19.8. The molecule has 0 saturated heterocycles. The van der Waals surface area contributed by atoms with Crippen LogP contribution >= 0.6 is 11.6 Å². The number of methoxy groups -OCH3 is 1. The summed E-state index contributed by atoms with van der Waals surface area (Å²) in [4.78, 5) is 53.5. The molecule has 11 nitrogen and oxygen atoms in total. The molecule has 0 spiro atoms. The Morgan fingerprint density at radius 1 is 1.24 bits per heavy atom. The fourth-order valence-electron chi connectivity index (χ4n) is 3.84. The molecule has 0 saturated carbocycles. The quantitative estimate of drug-likeness (QED) is 0.367. The van der Waals surface area contributed by atoms with Crippen LogP contribution in [0.5, 0.6) is 11.5 Å². The first kappa shape index (κ1) is 19.8. The summed E-state index contributed by atoms with van der Waals surface area (Å²) in [6.07, 6.45) is -1.23. The minimum atomic E-state index is -3.44. The van der Waals surface area contributed by atoms with Gasteiger partial charge in [-0.25, -0.2) is 9.59 Å². The fraction of sp³-hybridized carbons (Fsp3) is 0.308. The molecule has 1 aliphatic heterocycles.